The van der Waals surface area contributed by atoms with Crippen LogP contribution in [-0.2, 0) is 10.0 Å². The lowest BCUT2D eigenvalue weighted by Gasteiger charge is -2.13. The number of ether oxygens (including phenoxy) is 2. The zero-order chi connectivity index (χ0) is 23.3. The molecule has 0 atom stereocenters. The summed E-state index contributed by atoms with van der Waals surface area (Å²) in [6, 6.07) is 12.9. The Balaban J connectivity index is 1.89. The van der Waals surface area contributed by atoms with Gasteiger partial charge < -0.3 is 19.9 Å². The summed E-state index contributed by atoms with van der Waals surface area (Å²) in [5, 5.41) is 12.6. The monoisotopic (exact) mass is 477 g/mol. The number of phenols is 1. The van der Waals surface area contributed by atoms with Gasteiger partial charge in [0.25, 0.3) is 15.9 Å². The molecule has 3 aromatic rings. The zero-order valence-corrected chi connectivity index (χ0v) is 18.7. The zero-order valence-electron chi connectivity index (χ0n) is 17.1. The average molecular weight is 478 g/mol. The van der Waals surface area contributed by atoms with Crippen LogP contribution in [-0.4, -0.2) is 38.1 Å². The molecule has 0 fully saturated rings. The molecule has 0 saturated heterocycles. The maximum atomic E-state index is 12.8. The van der Waals surface area contributed by atoms with E-state index in [1.807, 2.05) is 0 Å². The van der Waals surface area contributed by atoms with Gasteiger partial charge in [0.1, 0.15) is 11.5 Å². The van der Waals surface area contributed by atoms with Crippen LogP contribution in [0, 0.1) is 0 Å². The number of hydrogen-bond acceptors (Lipinski definition) is 7. The molecule has 0 bridgehead atoms. The summed E-state index contributed by atoms with van der Waals surface area (Å²) in [7, 11) is -2.64. The van der Waals surface area contributed by atoms with Gasteiger partial charge >= 0.3 is 0 Å². The Hall–Kier alpha value is -3.50. The number of sulfonamides is 1. The number of para-hydroxylation sites is 2. The van der Waals surface area contributed by atoms with E-state index in [1.165, 1.54) is 25.3 Å². The van der Waals surface area contributed by atoms with Gasteiger partial charge in [-0.05, 0) is 43.3 Å². The summed E-state index contributed by atoms with van der Waals surface area (Å²) in [6.07, 6.45) is 0. The highest BCUT2D eigenvalue weighted by atomic mass is 35.5. The third-order valence-electron chi connectivity index (χ3n) is 4.21. The molecule has 0 spiro atoms. The van der Waals surface area contributed by atoms with Gasteiger partial charge in [0.2, 0.25) is 5.88 Å². The van der Waals surface area contributed by atoms with Crippen molar-refractivity contribution in [1.29, 1.82) is 0 Å². The molecule has 0 unspecified atom stereocenters. The summed E-state index contributed by atoms with van der Waals surface area (Å²) >= 11 is 6.06. The Bertz CT molecular complexity index is 1250. The molecule has 1 aromatic heterocycles. The summed E-state index contributed by atoms with van der Waals surface area (Å²) in [4.78, 5) is 16.5. The van der Waals surface area contributed by atoms with E-state index < -0.39 is 15.9 Å². The van der Waals surface area contributed by atoms with Crippen LogP contribution >= 0.6 is 11.6 Å². The second kappa shape index (κ2) is 9.75. The first-order valence-electron chi connectivity index (χ1n) is 9.34. The first kappa shape index (κ1) is 23.2. The number of nitrogens with zero attached hydrogens (tertiary/aromatic N) is 1. The van der Waals surface area contributed by atoms with Crippen LogP contribution in [0.5, 0.6) is 17.4 Å². The smallest absolute Gasteiger partial charge is 0.276 e. The number of phenolic OH excluding ortho intramolecular Hbond substituents is 1. The van der Waals surface area contributed by atoms with E-state index >= 15 is 0 Å². The standard InChI is InChI=1S/C21H20ClN3O6S/c1-3-31-19-11-9-14(22)20(24-19)21(27)23-16-12-13(8-10-17(16)26)32(28,29)25-15-6-4-5-7-18(15)30-2/h4-12,25-26H,3H2,1-2H3,(H,23,27). The van der Waals surface area contributed by atoms with Gasteiger partial charge in [-0.1, -0.05) is 23.7 Å². The minimum atomic E-state index is -4.06. The number of aromatic hydroxyl groups is 1. The fourth-order valence-electron chi connectivity index (χ4n) is 2.71. The van der Waals surface area contributed by atoms with Gasteiger partial charge in [0.15, 0.2) is 5.69 Å². The highest BCUT2D eigenvalue weighted by Gasteiger charge is 2.20. The number of pyridine rings is 1. The SMILES string of the molecule is CCOc1ccc(Cl)c(C(=O)Nc2cc(S(=O)(=O)Nc3ccccc3OC)ccc2O)n1. The van der Waals surface area contributed by atoms with Crippen LogP contribution in [0.1, 0.15) is 17.4 Å². The van der Waals surface area contributed by atoms with Crippen LogP contribution in [0.2, 0.25) is 5.02 Å². The number of carbonyl (C=O) groups excluding carboxylic acids is 1. The third kappa shape index (κ3) is 5.21. The van der Waals surface area contributed by atoms with Crippen LogP contribution < -0.4 is 19.5 Å². The lowest BCUT2D eigenvalue weighted by molar-refractivity contribution is 0.102. The van der Waals surface area contributed by atoms with E-state index in [0.29, 0.717) is 12.4 Å². The highest BCUT2D eigenvalue weighted by Crippen LogP contribution is 2.30. The van der Waals surface area contributed by atoms with Crippen LogP contribution in [0.15, 0.2) is 59.5 Å². The van der Waals surface area contributed by atoms with Crippen molar-refractivity contribution < 1.29 is 27.8 Å². The summed E-state index contributed by atoms with van der Waals surface area (Å²) < 4.78 is 38.5. The number of hydrogen-bond donors (Lipinski definition) is 3. The normalized spacial score (nSPS) is 11.0. The van der Waals surface area contributed by atoms with E-state index in [0.717, 1.165) is 12.1 Å². The second-order valence-electron chi connectivity index (χ2n) is 6.35. The highest BCUT2D eigenvalue weighted by molar-refractivity contribution is 7.92. The molecule has 0 aliphatic heterocycles. The lowest BCUT2D eigenvalue weighted by atomic mass is 10.2. The maximum Gasteiger partial charge on any atom is 0.276 e. The van der Waals surface area contributed by atoms with Crippen LogP contribution in [0.3, 0.4) is 0 Å². The average Bonchev–Trinajstić information content (AvgIpc) is 2.76. The van der Waals surface area contributed by atoms with Crippen molar-refractivity contribution in [2.75, 3.05) is 23.8 Å². The van der Waals surface area contributed by atoms with E-state index in [4.69, 9.17) is 21.1 Å². The molecular formula is C21H20ClN3O6S. The van der Waals surface area contributed by atoms with Crippen molar-refractivity contribution in [3.63, 3.8) is 0 Å². The number of halogens is 1. The summed E-state index contributed by atoms with van der Waals surface area (Å²) in [6.45, 7) is 2.11. The maximum absolute atomic E-state index is 12.8. The third-order valence-corrected chi connectivity index (χ3v) is 5.87. The molecule has 1 heterocycles. The topological polar surface area (TPSA) is 127 Å². The number of aromatic nitrogens is 1. The van der Waals surface area contributed by atoms with Crippen molar-refractivity contribution in [3.8, 4) is 17.4 Å². The Morgan fingerprint density at radius 2 is 1.88 bits per heavy atom. The largest absolute Gasteiger partial charge is 0.506 e. The quantitative estimate of drug-likeness (QED) is 0.420. The van der Waals surface area contributed by atoms with E-state index in [2.05, 4.69) is 15.0 Å². The molecule has 3 N–H and O–H groups in total. The molecule has 0 saturated carbocycles. The number of methoxy groups -OCH3 is 1. The number of anilines is 2. The van der Waals surface area contributed by atoms with E-state index in [9.17, 15) is 18.3 Å². The number of nitrogens with one attached hydrogen (secondary N) is 2. The van der Waals surface area contributed by atoms with Crippen molar-refractivity contribution in [2.24, 2.45) is 0 Å². The van der Waals surface area contributed by atoms with Crippen LogP contribution in [0.25, 0.3) is 0 Å². The van der Waals surface area contributed by atoms with Crippen molar-refractivity contribution in [1.82, 2.24) is 4.98 Å². The lowest BCUT2D eigenvalue weighted by Crippen LogP contribution is -2.17. The number of rotatable bonds is 8. The fraction of sp³-hybridized carbons (Fsp3) is 0.143. The molecule has 11 heteroatoms. The van der Waals surface area contributed by atoms with Gasteiger partial charge in [-0.3, -0.25) is 9.52 Å². The molecule has 0 aliphatic carbocycles. The fourth-order valence-corrected chi connectivity index (χ4v) is 4.00. The Kier molecular flexibility index (Phi) is 7.06. The molecule has 2 aromatic carbocycles. The number of benzene rings is 2. The number of amides is 1. The predicted octanol–water partition coefficient (Wildman–Crippen LogP) is 3.90. The molecule has 0 radical (unpaired) electrons. The van der Waals surface area contributed by atoms with E-state index in [-0.39, 0.29) is 38.6 Å². The molecule has 168 valence electrons. The Labute approximate surface area is 190 Å². The minimum Gasteiger partial charge on any atom is -0.506 e. The Morgan fingerprint density at radius 1 is 1.12 bits per heavy atom. The summed E-state index contributed by atoms with van der Waals surface area (Å²) in [5.74, 6) is -0.562. The van der Waals surface area contributed by atoms with Crippen molar-refractivity contribution in [2.45, 2.75) is 11.8 Å². The van der Waals surface area contributed by atoms with Gasteiger partial charge in [0, 0.05) is 6.07 Å². The summed E-state index contributed by atoms with van der Waals surface area (Å²) in [5.41, 5.74) is -0.0487. The molecule has 1 amide bonds. The first-order chi connectivity index (χ1) is 15.2. The van der Waals surface area contributed by atoms with Gasteiger partial charge in [-0.15, -0.1) is 0 Å². The molecule has 32 heavy (non-hydrogen) atoms. The minimum absolute atomic E-state index is 0.0621. The van der Waals surface area contributed by atoms with Gasteiger partial charge in [-0.25, -0.2) is 13.4 Å². The predicted molar refractivity (Wildman–Crippen MR) is 120 cm³/mol. The molecule has 3 rings (SSSR count). The number of carbonyl (C=O) groups is 1. The van der Waals surface area contributed by atoms with E-state index in [1.54, 1.807) is 31.2 Å². The van der Waals surface area contributed by atoms with Gasteiger partial charge in [0.05, 0.1) is 35.0 Å². The Morgan fingerprint density at radius 3 is 2.59 bits per heavy atom. The van der Waals surface area contributed by atoms with Gasteiger partial charge in [-0.2, -0.15) is 0 Å². The first-order valence-corrected chi connectivity index (χ1v) is 11.2. The molecule has 9 nitrogen and oxygen atoms in total. The van der Waals surface area contributed by atoms with Crippen LogP contribution in [0.4, 0.5) is 11.4 Å². The molecule has 0 aliphatic rings. The molecular weight excluding hydrogens is 458 g/mol. The van der Waals surface area contributed by atoms with Crippen molar-refractivity contribution >= 4 is 38.9 Å². The van der Waals surface area contributed by atoms with Crippen molar-refractivity contribution in [3.05, 3.63) is 65.3 Å². The second-order valence-corrected chi connectivity index (χ2v) is 8.44.